The predicted molar refractivity (Wildman–Crippen MR) is 83.9 cm³/mol. The molecule has 114 valence electrons. The summed E-state index contributed by atoms with van der Waals surface area (Å²) in [6.45, 7) is 2.54. The molecule has 3 aliphatic rings. The van der Waals surface area contributed by atoms with E-state index in [9.17, 15) is 5.11 Å². The van der Waals surface area contributed by atoms with Crippen LogP contribution in [-0.4, -0.2) is 12.2 Å². The van der Waals surface area contributed by atoms with E-state index in [0.717, 1.165) is 18.3 Å². The van der Waals surface area contributed by atoms with Crippen molar-refractivity contribution >= 4 is 0 Å². The third-order valence-corrected chi connectivity index (χ3v) is 6.81. The monoisotopic (exact) mass is 286 g/mol. The molecule has 3 unspecified atom stereocenters. The van der Waals surface area contributed by atoms with Gasteiger partial charge >= 0.3 is 0 Å². The topological polar surface area (TPSA) is 29.5 Å². The van der Waals surface area contributed by atoms with Crippen LogP contribution >= 0.6 is 0 Å². The van der Waals surface area contributed by atoms with Crippen LogP contribution in [0, 0.1) is 17.3 Å². The van der Waals surface area contributed by atoms with Crippen molar-refractivity contribution in [3.63, 3.8) is 0 Å². The number of hydrogen-bond donors (Lipinski definition) is 1. The normalized spacial score (nSPS) is 37.5. The third kappa shape index (κ3) is 1.91. The van der Waals surface area contributed by atoms with Gasteiger partial charge in [0.25, 0.3) is 0 Å². The highest BCUT2D eigenvalue weighted by Crippen LogP contribution is 2.61. The number of benzene rings is 1. The molecule has 4 atom stereocenters. The largest absolute Gasteiger partial charge is 0.504 e. The van der Waals surface area contributed by atoms with Gasteiger partial charge in [-0.2, -0.15) is 0 Å². The van der Waals surface area contributed by atoms with Gasteiger partial charge in [0.2, 0.25) is 0 Å². The molecular weight excluding hydrogens is 260 g/mol. The van der Waals surface area contributed by atoms with Crippen LogP contribution in [0.25, 0.3) is 0 Å². The van der Waals surface area contributed by atoms with E-state index in [2.05, 4.69) is 13.0 Å². The second kappa shape index (κ2) is 4.66. The minimum Gasteiger partial charge on any atom is -0.504 e. The van der Waals surface area contributed by atoms with E-state index in [-0.39, 0.29) is 0 Å². The molecule has 0 spiro atoms. The van der Waals surface area contributed by atoms with Gasteiger partial charge in [-0.15, -0.1) is 0 Å². The number of aromatic hydroxyl groups is 1. The molecule has 0 radical (unpaired) electrons. The van der Waals surface area contributed by atoms with Crippen LogP contribution in [0.2, 0.25) is 0 Å². The van der Waals surface area contributed by atoms with Crippen molar-refractivity contribution in [2.24, 2.45) is 17.3 Å². The van der Waals surface area contributed by atoms with Crippen LogP contribution in [0.5, 0.6) is 11.5 Å². The predicted octanol–water partition coefficient (Wildman–Crippen LogP) is 4.65. The molecular formula is C19H26O2. The third-order valence-electron chi connectivity index (χ3n) is 6.81. The highest BCUT2D eigenvalue weighted by atomic mass is 16.5. The Morgan fingerprint density at radius 3 is 2.86 bits per heavy atom. The number of phenolic OH excluding ortho intramolecular Hbond substituents is 1. The van der Waals surface area contributed by atoms with Crippen molar-refractivity contribution in [1.29, 1.82) is 0 Å². The van der Waals surface area contributed by atoms with Crippen LogP contribution in [0.15, 0.2) is 12.1 Å². The van der Waals surface area contributed by atoms with Crippen LogP contribution in [0.3, 0.4) is 0 Å². The van der Waals surface area contributed by atoms with Crippen molar-refractivity contribution in [1.82, 2.24) is 0 Å². The van der Waals surface area contributed by atoms with Gasteiger partial charge in [-0.25, -0.2) is 0 Å². The average Bonchev–Trinajstić information content (AvgIpc) is 2.88. The first-order valence-corrected chi connectivity index (χ1v) is 8.52. The SMILES string of the molecule is COc1cc2c(cc1O)CCC1C2CC[C@]2(C)CCCC12. The molecule has 0 bridgehead atoms. The smallest absolute Gasteiger partial charge is 0.160 e. The maximum atomic E-state index is 10.0. The molecule has 4 rings (SSSR count). The van der Waals surface area contributed by atoms with Gasteiger partial charge < -0.3 is 9.84 Å². The molecule has 0 aromatic heterocycles. The van der Waals surface area contributed by atoms with E-state index in [0.29, 0.717) is 22.8 Å². The quantitative estimate of drug-likeness (QED) is 0.814. The van der Waals surface area contributed by atoms with E-state index in [4.69, 9.17) is 4.74 Å². The van der Waals surface area contributed by atoms with E-state index < -0.39 is 0 Å². The van der Waals surface area contributed by atoms with E-state index in [1.165, 1.54) is 49.7 Å². The van der Waals surface area contributed by atoms with Crippen LogP contribution in [0.1, 0.15) is 62.5 Å². The number of aryl methyl sites for hydroxylation is 1. The lowest BCUT2D eigenvalue weighted by Gasteiger charge is -2.49. The average molecular weight is 286 g/mol. The summed E-state index contributed by atoms with van der Waals surface area (Å²) in [5.74, 6) is 3.42. The number of phenols is 1. The second-order valence-electron chi connectivity index (χ2n) is 7.72. The van der Waals surface area contributed by atoms with Crippen LogP contribution in [0.4, 0.5) is 0 Å². The Balaban J connectivity index is 1.73. The Morgan fingerprint density at radius 1 is 1.19 bits per heavy atom. The summed E-state index contributed by atoms with van der Waals surface area (Å²) in [4.78, 5) is 0. The number of hydrogen-bond acceptors (Lipinski definition) is 2. The van der Waals surface area contributed by atoms with Crippen LogP contribution in [-0.2, 0) is 6.42 Å². The summed E-state index contributed by atoms with van der Waals surface area (Å²) in [6.07, 6.45) is 9.43. The zero-order valence-corrected chi connectivity index (χ0v) is 13.2. The summed E-state index contributed by atoms with van der Waals surface area (Å²) in [5.41, 5.74) is 3.44. The molecule has 0 heterocycles. The van der Waals surface area contributed by atoms with Gasteiger partial charge in [0.1, 0.15) is 0 Å². The first-order valence-electron chi connectivity index (χ1n) is 8.52. The van der Waals surface area contributed by atoms with Gasteiger partial charge in [0, 0.05) is 0 Å². The standard InChI is InChI=1S/C19H26O2/c1-19-8-3-4-16(19)14-6-5-12-10-17(20)18(21-2)11-15(12)13(14)7-9-19/h10-11,13-14,16,20H,3-9H2,1-2H3/t13?,14?,16?,19-/m0/s1. The Hall–Kier alpha value is -1.18. The fraction of sp³-hybridized carbons (Fsp3) is 0.684. The molecule has 2 nitrogen and oxygen atoms in total. The van der Waals surface area contributed by atoms with Crippen molar-refractivity contribution in [3.05, 3.63) is 23.3 Å². The summed E-state index contributed by atoms with van der Waals surface area (Å²) in [5, 5.41) is 10.0. The minimum absolute atomic E-state index is 0.302. The number of rotatable bonds is 1. The maximum absolute atomic E-state index is 10.0. The number of ether oxygens (including phenoxy) is 1. The highest BCUT2D eigenvalue weighted by molar-refractivity contribution is 5.49. The fourth-order valence-electron chi connectivity index (χ4n) is 5.74. The van der Waals surface area contributed by atoms with Gasteiger partial charge in [-0.3, -0.25) is 0 Å². The van der Waals surface area contributed by atoms with Crippen molar-refractivity contribution in [2.75, 3.05) is 7.11 Å². The molecule has 0 amide bonds. The number of fused-ring (bicyclic) bond motifs is 5. The van der Waals surface area contributed by atoms with E-state index in [1.54, 1.807) is 7.11 Å². The Labute approximate surface area is 127 Å². The molecule has 0 aliphatic heterocycles. The summed E-state index contributed by atoms with van der Waals surface area (Å²) in [7, 11) is 1.65. The summed E-state index contributed by atoms with van der Waals surface area (Å²) in [6, 6.07) is 4.08. The Bertz CT molecular complexity index is 565. The zero-order chi connectivity index (χ0) is 14.6. The molecule has 2 fully saturated rings. The lowest BCUT2D eigenvalue weighted by Crippen LogP contribution is -2.39. The molecule has 1 aromatic rings. The zero-order valence-electron chi connectivity index (χ0n) is 13.2. The van der Waals surface area contributed by atoms with Gasteiger partial charge in [-0.1, -0.05) is 13.3 Å². The van der Waals surface area contributed by atoms with Gasteiger partial charge in [0.15, 0.2) is 11.5 Å². The first-order chi connectivity index (χ1) is 10.1. The summed E-state index contributed by atoms with van der Waals surface area (Å²) < 4.78 is 5.35. The molecule has 2 saturated carbocycles. The molecule has 2 heteroatoms. The fourth-order valence-corrected chi connectivity index (χ4v) is 5.74. The van der Waals surface area contributed by atoms with E-state index in [1.807, 2.05) is 6.07 Å². The van der Waals surface area contributed by atoms with Gasteiger partial charge in [0.05, 0.1) is 7.11 Å². The minimum atomic E-state index is 0.302. The second-order valence-corrected chi connectivity index (χ2v) is 7.72. The Kier molecular flexibility index (Phi) is 2.99. The number of methoxy groups -OCH3 is 1. The van der Waals surface area contributed by atoms with E-state index >= 15 is 0 Å². The first kappa shape index (κ1) is 13.5. The lowest BCUT2D eigenvalue weighted by molar-refractivity contribution is 0.0597. The summed E-state index contributed by atoms with van der Waals surface area (Å²) >= 11 is 0. The van der Waals surface area contributed by atoms with Crippen molar-refractivity contribution in [2.45, 2.75) is 57.8 Å². The van der Waals surface area contributed by atoms with Crippen LogP contribution < -0.4 is 4.74 Å². The Morgan fingerprint density at radius 2 is 2.05 bits per heavy atom. The van der Waals surface area contributed by atoms with Crippen molar-refractivity contribution < 1.29 is 9.84 Å². The lowest BCUT2D eigenvalue weighted by atomic mass is 9.56. The van der Waals surface area contributed by atoms with Crippen molar-refractivity contribution in [3.8, 4) is 11.5 Å². The van der Waals surface area contributed by atoms with Gasteiger partial charge in [-0.05, 0) is 85.0 Å². The maximum Gasteiger partial charge on any atom is 0.160 e. The highest BCUT2D eigenvalue weighted by Gasteiger charge is 2.50. The molecule has 3 aliphatic carbocycles. The molecule has 0 saturated heterocycles. The molecule has 21 heavy (non-hydrogen) atoms. The molecule has 1 aromatic carbocycles. The molecule has 1 N–H and O–H groups in total.